The number of anilines is 1. The van der Waals surface area contributed by atoms with E-state index in [4.69, 9.17) is 4.74 Å². The number of nitrogens with one attached hydrogen (secondary N) is 1. The zero-order chi connectivity index (χ0) is 13.5. The Bertz CT molecular complexity index is 389. The fourth-order valence-corrected chi connectivity index (χ4v) is 1.62. The summed E-state index contributed by atoms with van der Waals surface area (Å²) < 4.78 is 6.75. The zero-order valence-corrected chi connectivity index (χ0v) is 11.6. The molecule has 0 fully saturated rings. The molecule has 1 aromatic rings. The van der Waals surface area contributed by atoms with E-state index in [1.807, 2.05) is 25.8 Å². The maximum absolute atomic E-state index is 11.9. The maximum atomic E-state index is 11.9. The van der Waals surface area contributed by atoms with Crippen LogP contribution in [0.25, 0.3) is 0 Å². The van der Waals surface area contributed by atoms with Gasteiger partial charge in [0.1, 0.15) is 5.82 Å². The molecule has 6 nitrogen and oxygen atoms in total. The van der Waals surface area contributed by atoms with Gasteiger partial charge >= 0.3 is 0 Å². The Morgan fingerprint density at radius 2 is 2.33 bits per heavy atom. The van der Waals surface area contributed by atoms with Crippen molar-refractivity contribution in [2.24, 2.45) is 0 Å². The number of carbonyl (C=O) groups is 1. The number of nitrogens with zero attached hydrogens (tertiary/aromatic N) is 3. The van der Waals surface area contributed by atoms with Crippen LogP contribution in [0.5, 0.6) is 0 Å². The summed E-state index contributed by atoms with van der Waals surface area (Å²) in [5.41, 5.74) is 0.977. The van der Waals surface area contributed by atoms with Gasteiger partial charge in [-0.05, 0) is 20.9 Å². The molecule has 0 aromatic carbocycles. The molecule has 0 atom stereocenters. The second-order valence-electron chi connectivity index (χ2n) is 4.27. The monoisotopic (exact) mass is 254 g/mol. The van der Waals surface area contributed by atoms with Crippen molar-refractivity contribution in [1.82, 2.24) is 14.7 Å². The highest BCUT2D eigenvalue weighted by atomic mass is 16.5. The van der Waals surface area contributed by atoms with Gasteiger partial charge in [0.25, 0.3) is 0 Å². The number of aryl methyl sites for hydroxylation is 2. The molecule has 0 saturated heterocycles. The van der Waals surface area contributed by atoms with Gasteiger partial charge in [-0.3, -0.25) is 9.69 Å². The van der Waals surface area contributed by atoms with Crippen LogP contribution in [0.3, 0.4) is 0 Å². The SMILES string of the molecule is CCn1ncc(C)c1NC(=O)CN(C)CCOC. The van der Waals surface area contributed by atoms with Gasteiger partial charge in [-0.25, -0.2) is 4.68 Å². The summed E-state index contributed by atoms with van der Waals surface area (Å²) in [6, 6.07) is 0. The van der Waals surface area contributed by atoms with Crippen molar-refractivity contribution in [2.75, 3.05) is 39.2 Å². The second-order valence-corrected chi connectivity index (χ2v) is 4.27. The Kier molecular flexibility index (Phi) is 5.80. The largest absolute Gasteiger partial charge is 0.383 e. The molecule has 6 heteroatoms. The molecular formula is C12H22N4O2. The van der Waals surface area contributed by atoms with Crippen molar-refractivity contribution >= 4 is 11.7 Å². The molecule has 0 unspecified atom stereocenters. The summed E-state index contributed by atoms with van der Waals surface area (Å²) in [5.74, 6) is 0.745. The maximum Gasteiger partial charge on any atom is 0.239 e. The van der Waals surface area contributed by atoms with Crippen molar-refractivity contribution in [3.8, 4) is 0 Å². The number of ether oxygens (including phenoxy) is 1. The van der Waals surface area contributed by atoms with Crippen LogP contribution < -0.4 is 5.32 Å². The number of methoxy groups -OCH3 is 1. The molecule has 1 aromatic heterocycles. The normalized spacial score (nSPS) is 10.9. The Morgan fingerprint density at radius 3 is 2.94 bits per heavy atom. The lowest BCUT2D eigenvalue weighted by Gasteiger charge is -2.16. The number of rotatable bonds is 7. The minimum atomic E-state index is -0.0353. The Morgan fingerprint density at radius 1 is 1.61 bits per heavy atom. The van der Waals surface area contributed by atoms with Crippen molar-refractivity contribution in [3.05, 3.63) is 11.8 Å². The molecule has 1 rings (SSSR count). The van der Waals surface area contributed by atoms with Crippen LogP contribution >= 0.6 is 0 Å². The van der Waals surface area contributed by atoms with E-state index in [-0.39, 0.29) is 5.91 Å². The van der Waals surface area contributed by atoms with E-state index in [1.54, 1.807) is 18.0 Å². The van der Waals surface area contributed by atoms with Crippen LogP contribution in [0.4, 0.5) is 5.82 Å². The smallest absolute Gasteiger partial charge is 0.239 e. The van der Waals surface area contributed by atoms with Gasteiger partial charge in [-0.2, -0.15) is 5.10 Å². The molecule has 1 heterocycles. The lowest BCUT2D eigenvalue weighted by molar-refractivity contribution is -0.117. The van der Waals surface area contributed by atoms with Gasteiger partial charge in [-0.15, -0.1) is 0 Å². The summed E-state index contributed by atoms with van der Waals surface area (Å²) in [6.45, 7) is 6.36. The van der Waals surface area contributed by atoms with Crippen molar-refractivity contribution < 1.29 is 9.53 Å². The van der Waals surface area contributed by atoms with Crippen LogP contribution in [-0.4, -0.2) is 54.4 Å². The van der Waals surface area contributed by atoms with E-state index < -0.39 is 0 Å². The minimum absolute atomic E-state index is 0.0353. The van der Waals surface area contributed by atoms with Gasteiger partial charge < -0.3 is 10.1 Å². The molecule has 0 saturated carbocycles. The second kappa shape index (κ2) is 7.13. The van der Waals surface area contributed by atoms with Crippen molar-refractivity contribution in [2.45, 2.75) is 20.4 Å². The predicted octanol–water partition coefficient (Wildman–Crippen LogP) is 0.728. The first-order valence-corrected chi connectivity index (χ1v) is 6.08. The molecule has 0 aliphatic rings. The van der Waals surface area contributed by atoms with E-state index in [0.717, 1.165) is 24.5 Å². The molecule has 0 aliphatic heterocycles. The fourth-order valence-electron chi connectivity index (χ4n) is 1.62. The van der Waals surface area contributed by atoms with Gasteiger partial charge in [0.2, 0.25) is 5.91 Å². The molecule has 0 radical (unpaired) electrons. The third kappa shape index (κ3) is 4.12. The number of hydrogen-bond donors (Lipinski definition) is 1. The lowest BCUT2D eigenvalue weighted by Crippen LogP contribution is -2.33. The van der Waals surface area contributed by atoms with Crippen LogP contribution in [0.1, 0.15) is 12.5 Å². The number of aromatic nitrogens is 2. The molecule has 1 N–H and O–H groups in total. The van der Waals surface area contributed by atoms with E-state index in [9.17, 15) is 4.79 Å². The summed E-state index contributed by atoms with van der Waals surface area (Å²) in [4.78, 5) is 13.8. The van der Waals surface area contributed by atoms with Gasteiger partial charge in [-0.1, -0.05) is 0 Å². The van der Waals surface area contributed by atoms with Crippen molar-refractivity contribution in [3.63, 3.8) is 0 Å². The molecular weight excluding hydrogens is 232 g/mol. The molecule has 0 aliphatic carbocycles. The first-order valence-electron chi connectivity index (χ1n) is 6.08. The van der Waals surface area contributed by atoms with E-state index >= 15 is 0 Å². The first-order chi connectivity index (χ1) is 8.58. The average Bonchev–Trinajstić information content (AvgIpc) is 2.68. The van der Waals surface area contributed by atoms with E-state index in [1.165, 1.54) is 0 Å². The number of hydrogen-bond acceptors (Lipinski definition) is 4. The van der Waals surface area contributed by atoms with Gasteiger partial charge in [0, 0.05) is 25.8 Å². The summed E-state index contributed by atoms with van der Waals surface area (Å²) in [5, 5.41) is 7.08. The molecule has 18 heavy (non-hydrogen) atoms. The van der Waals surface area contributed by atoms with E-state index in [0.29, 0.717) is 13.2 Å². The number of likely N-dealkylation sites (N-methyl/N-ethyl adjacent to an activating group) is 1. The highest BCUT2D eigenvalue weighted by molar-refractivity contribution is 5.92. The molecule has 0 bridgehead atoms. The summed E-state index contributed by atoms with van der Waals surface area (Å²) >= 11 is 0. The van der Waals surface area contributed by atoms with Gasteiger partial charge in [0.15, 0.2) is 0 Å². The third-order valence-corrected chi connectivity index (χ3v) is 2.67. The van der Waals surface area contributed by atoms with Crippen LogP contribution in [0.2, 0.25) is 0 Å². The summed E-state index contributed by atoms with van der Waals surface area (Å²) in [6.07, 6.45) is 1.76. The Hall–Kier alpha value is -1.40. The Balaban J connectivity index is 2.51. The Labute approximate surface area is 108 Å². The minimum Gasteiger partial charge on any atom is -0.383 e. The zero-order valence-electron chi connectivity index (χ0n) is 11.6. The van der Waals surface area contributed by atoms with Crippen LogP contribution in [0, 0.1) is 6.92 Å². The number of carbonyl (C=O) groups excluding carboxylic acids is 1. The molecule has 1 amide bonds. The average molecular weight is 254 g/mol. The topological polar surface area (TPSA) is 59.4 Å². The standard InChI is InChI=1S/C12H22N4O2/c1-5-16-12(10(2)8-13-16)14-11(17)9-15(3)6-7-18-4/h8H,5-7,9H2,1-4H3,(H,14,17). The molecule has 0 spiro atoms. The van der Waals surface area contributed by atoms with Crippen molar-refractivity contribution in [1.29, 1.82) is 0 Å². The predicted molar refractivity (Wildman–Crippen MR) is 70.6 cm³/mol. The third-order valence-electron chi connectivity index (χ3n) is 2.67. The quantitative estimate of drug-likeness (QED) is 0.779. The first kappa shape index (κ1) is 14.7. The van der Waals surface area contributed by atoms with Crippen LogP contribution in [-0.2, 0) is 16.1 Å². The molecule has 102 valence electrons. The highest BCUT2D eigenvalue weighted by Crippen LogP contribution is 2.13. The van der Waals surface area contributed by atoms with Gasteiger partial charge in [0.05, 0.1) is 19.3 Å². The highest BCUT2D eigenvalue weighted by Gasteiger charge is 2.11. The fraction of sp³-hybridized carbons (Fsp3) is 0.667. The summed E-state index contributed by atoms with van der Waals surface area (Å²) in [7, 11) is 3.54. The van der Waals surface area contributed by atoms with Crippen LogP contribution in [0.15, 0.2) is 6.20 Å². The lowest BCUT2D eigenvalue weighted by atomic mass is 10.3. The number of amides is 1. The van der Waals surface area contributed by atoms with E-state index in [2.05, 4.69) is 10.4 Å².